The average molecular weight is 372 g/mol. The predicted molar refractivity (Wildman–Crippen MR) is 87.8 cm³/mol. The number of carbonyl (C=O) groups is 1. The Labute approximate surface area is 139 Å². The molecule has 1 aromatic carbocycles. The van der Waals surface area contributed by atoms with Crippen LogP contribution in [-0.4, -0.2) is 49.8 Å². The van der Waals surface area contributed by atoms with Crippen LogP contribution in [0.15, 0.2) is 16.6 Å². The third kappa shape index (κ3) is 3.38. The highest BCUT2D eigenvalue weighted by Crippen LogP contribution is 2.37. The first-order chi connectivity index (χ1) is 10.4. The Morgan fingerprint density at radius 1 is 1.45 bits per heavy atom. The van der Waals surface area contributed by atoms with Crippen molar-refractivity contribution in [3.63, 3.8) is 0 Å². The molecule has 0 spiro atoms. The summed E-state index contributed by atoms with van der Waals surface area (Å²) in [7, 11) is 1.57. The summed E-state index contributed by atoms with van der Waals surface area (Å²) < 4.78 is 17.1. The Morgan fingerprint density at radius 2 is 2.18 bits per heavy atom. The lowest BCUT2D eigenvalue weighted by Gasteiger charge is -2.42. The number of hydrogen-bond acceptors (Lipinski definition) is 4. The molecule has 1 aromatic rings. The van der Waals surface area contributed by atoms with E-state index in [1.54, 1.807) is 19.2 Å². The topological polar surface area (TPSA) is 48.0 Å². The minimum atomic E-state index is -0.326. The van der Waals surface area contributed by atoms with Crippen molar-refractivity contribution in [2.24, 2.45) is 0 Å². The summed E-state index contributed by atoms with van der Waals surface area (Å²) in [4.78, 5) is 14.7. The van der Waals surface area contributed by atoms with Crippen LogP contribution >= 0.6 is 15.9 Å². The third-order valence-corrected chi connectivity index (χ3v) is 4.24. The Morgan fingerprint density at radius 3 is 2.77 bits per heavy atom. The standard InChI is InChI=1S/C16H22BrNO4/c1-5-22-14-12(17)8-11(9-13(14)20-4)15(19)18-6-7-21-10-16(18,2)3/h8-9H,5-7,10H2,1-4H3. The molecule has 1 saturated heterocycles. The van der Waals surface area contributed by atoms with Crippen molar-refractivity contribution in [1.82, 2.24) is 4.90 Å². The van der Waals surface area contributed by atoms with Crippen molar-refractivity contribution < 1.29 is 19.0 Å². The van der Waals surface area contributed by atoms with Crippen LogP contribution in [0.1, 0.15) is 31.1 Å². The molecule has 1 aliphatic heterocycles. The molecule has 0 aromatic heterocycles. The lowest BCUT2D eigenvalue weighted by Crippen LogP contribution is -2.55. The lowest BCUT2D eigenvalue weighted by atomic mass is 10.0. The molecule has 0 radical (unpaired) electrons. The van der Waals surface area contributed by atoms with E-state index in [4.69, 9.17) is 14.2 Å². The molecule has 1 heterocycles. The molecule has 122 valence electrons. The molecule has 0 unspecified atom stereocenters. The van der Waals surface area contributed by atoms with Crippen molar-refractivity contribution in [3.05, 3.63) is 22.2 Å². The highest BCUT2D eigenvalue weighted by molar-refractivity contribution is 9.10. The van der Waals surface area contributed by atoms with Gasteiger partial charge in [-0.05, 0) is 48.8 Å². The van der Waals surface area contributed by atoms with Crippen LogP contribution in [0.4, 0.5) is 0 Å². The van der Waals surface area contributed by atoms with Gasteiger partial charge < -0.3 is 19.1 Å². The molecule has 0 saturated carbocycles. The summed E-state index contributed by atoms with van der Waals surface area (Å²) in [5, 5.41) is 0. The molecule has 1 fully saturated rings. The summed E-state index contributed by atoms with van der Waals surface area (Å²) in [5.74, 6) is 1.13. The zero-order valence-electron chi connectivity index (χ0n) is 13.4. The highest BCUT2D eigenvalue weighted by atomic mass is 79.9. The van der Waals surface area contributed by atoms with Gasteiger partial charge in [0.25, 0.3) is 5.91 Å². The minimum absolute atomic E-state index is 0.0321. The molecule has 1 aliphatic rings. The summed E-state index contributed by atoms with van der Waals surface area (Å²) in [5.41, 5.74) is 0.246. The number of rotatable bonds is 4. The second kappa shape index (κ2) is 6.87. The van der Waals surface area contributed by atoms with Crippen LogP contribution in [0, 0.1) is 0 Å². The van der Waals surface area contributed by atoms with Crippen molar-refractivity contribution in [2.75, 3.05) is 33.5 Å². The van der Waals surface area contributed by atoms with E-state index in [-0.39, 0.29) is 11.4 Å². The molecule has 1 amide bonds. The number of hydrogen-bond donors (Lipinski definition) is 0. The molecule has 0 N–H and O–H groups in total. The summed E-state index contributed by atoms with van der Waals surface area (Å²) in [6.45, 7) is 8.12. The van der Waals surface area contributed by atoms with Gasteiger partial charge in [-0.25, -0.2) is 0 Å². The van der Waals surface area contributed by atoms with Gasteiger partial charge in [-0.2, -0.15) is 0 Å². The zero-order chi connectivity index (χ0) is 16.3. The van der Waals surface area contributed by atoms with E-state index in [2.05, 4.69) is 15.9 Å². The fourth-order valence-electron chi connectivity index (χ4n) is 2.52. The number of amides is 1. The van der Waals surface area contributed by atoms with Gasteiger partial charge in [0.2, 0.25) is 0 Å². The van der Waals surface area contributed by atoms with Crippen LogP contribution in [-0.2, 0) is 4.74 Å². The fourth-order valence-corrected chi connectivity index (χ4v) is 3.07. The van der Waals surface area contributed by atoms with E-state index in [0.717, 1.165) is 0 Å². The molecule has 0 bridgehead atoms. The number of ether oxygens (including phenoxy) is 3. The molecule has 6 heteroatoms. The second-order valence-electron chi connectivity index (χ2n) is 5.74. The van der Waals surface area contributed by atoms with Gasteiger partial charge in [0.15, 0.2) is 11.5 Å². The number of benzene rings is 1. The van der Waals surface area contributed by atoms with E-state index in [1.165, 1.54) is 0 Å². The maximum Gasteiger partial charge on any atom is 0.254 e. The van der Waals surface area contributed by atoms with E-state index >= 15 is 0 Å². The molecule has 0 atom stereocenters. The monoisotopic (exact) mass is 371 g/mol. The number of carbonyl (C=O) groups excluding carboxylic acids is 1. The first-order valence-corrected chi connectivity index (χ1v) is 8.10. The molecule has 0 aliphatic carbocycles. The van der Waals surface area contributed by atoms with Gasteiger partial charge in [0.1, 0.15) is 0 Å². The maximum atomic E-state index is 12.9. The largest absolute Gasteiger partial charge is 0.493 e. The number of morpholine rings is 1. The SMILES string of the molecule is CCOc1c(Br)cc(C(=O)N2CCOCC2(C)C)cc1OC. The van der Waals surface area contributed by atoms with Gasteiger partial charge in [0.05, 0.1) is 36.9 Å². The maximum absolute atomic E-state index is 12.9. The number of nitrogens with zero attached hydrogens (tertiary/aromatic N) is 1. The van der Waals surface area contributed by atoms with E-state index in [0.29, 0.717) is 47.9 Å². The van der Waals surface area contributed by atoms with Gasteiger partial charge in [-0.3, -0.25) is 4.79 Å². The third-order valence-electron chi connectivity index (χ3n) is 3.66. The van der Waals surface area contributed by atoms with Crippen LogP contribution in [0.5, 0.6) is 11.5 Å². The predicted octanol–water partition coefficient (Wildman–Crippen LogP) is 3.11. The quantitative estimate of drug-likeness (QED) is 0.815. The van der Waals surface area contributed by atoms with Gasteiger partial charge in [-0.15, -0.1) is 0 Å². The van der Waals surface area contributed by atoms with Crippen molar-refractivity contribution in [2.45, 2.75) is 26.3 Å². The molecule has 5 nitrogen and oxygen atoms in total. The fraction of sp³-hybridized carbons (Fsp3) is 0.562. The lowest BCUT2D eigenvalue weighted by molar-refractivity contribution is -0.0370. The Kier molecular flexibility index (Phi) is 5.34. The van der Waals surface area contributed by atoms with Crippen LogP contribution in [0.25, 0.3) is 0 Å². The molecule has 22 heavy (non-hydrogen) atoms. The minimum Gasteiger partial charge on any atom is -0.493 e. The Hall–Kier alpha value is -1.27. The summed E-state index contributed by atoms with van der Waals surface area (Å²) >= 11 is 3.46. The van der Waals surface area contributed by atoms with Crippen molar-refractivity contribution in [1.29, 1.82) is 0 Å². The van der Waals surface area contributed by atoms with Crippen LogP contribution in [0.3, 0.4) is 0 Å². The average Bonchev–Trinajstić information content (AvgIpc) is 2.48. The normalized spacial score (nSPS) is 17.2. The molecule has 2 rings (SSSR count). The van der Waals surface area contributed by atoms with Gasteiger partial charge >= 0.3 is 0 Å². The summed E-state index contributed by atoms with van der Waals surface area (Å²) in [6, 6.07) is 3.50. The first kappa shape index (κ1) is 17.1. The van der Waals surface area contributed by atoms with E-state index < -0.39 is 0 Å². The zero-order valence-corrected chi connectivity index (χ0v) is 15.0. The summed E-state index contributed by atoms with van der Waals surface area (Å²) in [6.07, 6.45) is 0. The second-order valence-corrected chi connectivity index (χ2v) is 6.60. The van der Waals surface area contributed by atoms with Crippen molar-refractivity contribution >= 4 is 21.8 Å². The first-order valence-electron chi connectivity index (χ1n) is 7.30. The Bertz CT molecular complexity index is 559. The number of halogens is 1. The Balaban J connectivity index is 2.36. The van der Waals surface area contributed by atoms with Gasteiger partial charge in [-0.1, -0.05) is 0 Å². The highest BCUT2D eigenvalue weighted by Gasteiger charge is 2.35. The van der Waals surface area contributed by atoms with Gasteiger partial charge in [0, 0.05) is 12.1 Å². The van der Waals surface area contributed by atoms with E-state index in [1.807, 2.05) is 25.7 Å². The van der Waals surface area contributed by atoms with Crippen LogP contribution < -0.4 is 9.47 Å². The van der Waals surface area contributed by atoms with Crippen molar-refractivity contribution in [3.8, 4) is 11.5 Å². The molecular formula is C16H22BrNO4. The smallest absolute Gasteiger partial charge is 0.254 e. The molecular weight excluding hydrogens is 350 g/mol. The number of methoxy groups -OCH3 is 1. The van der Waals surface area contributed by atoms with E-state index in [9.17, 15) is 4.79 Å². The van der Waals surface area contributed by atoms with Crippen LogP contribution in [0.2, 0.25) is 0 Å².